The Morgan fingerprint density at radius 2 is 2.08 bits per heavy atom. The number of likely N-dealkylation sites (tertiary alicyclic amines) is 1. The highest BCUT2D eigenvalue weighted by molar-refractivity contribution is 5.77. The number of nitrogens with zero attached hydrogens (tertiary/aromatic N) is 3. The number of amides is 1. The van der Waals surface area contributed by atoms with E-state index in [0.717, 1.165) is 25.1 Å². The lowest BCUT2D eigenvalue weighted by Crippen LogP contribution is -2.40. The van der Waals surface area contributed by atoms with E-state index in [4.69, 9.17) is 9.26 Å². The standard InChI is InChI=1S/C19H26N4O3/c1-14(20-2)12-17-21-19(26-22-17)15-8-10-23(11-9-15)18(24)13-25-16-6-4-3-5-7-16/h3-7,14-15,20H,8-13H2,1-2H3. The van der Waals surface area contributed by atoms with Crippen LogP contribution in [0.15, 0.2) is 34.9 Å². The second-order valence-electron chi connectivity index (χ2n) is 6.70. The predicted molar refractivity (Wildman–Crippen MR) is 97.0 cm³/mol. The van der Waals surface area contributed by atoms with Gasteiger partial charge >= 0.3 is 0 Å². The Morgan fingerprint density at radius 1 is 1.35 bits per heavy atom. The SMILES string of the molecule is CNC(C)Cc1noc(C2CCN(C(=O)COc3ccccc3)CC2)n1. The predicted octanol–water partition coefficient (Wildman–Crippen LogP) is 2.00. The Balaban J connectivity index is 1.45. The van der Waals surface area contributed by atoms with E-state index in [2.05, 4.69) is 22.4 Å². The summed E-state index contributed by atoms with van der Waals surface area (Å²) in [6, 6.07) is 9.71. The van der Waals surface area contributed by atoms with Crippen molar-refractivity contribution in [1.82, 2.24) is 20.4 Å². The number of benzene rings is 1. The van der Waals surface area contributed by atoms with Crippen LogP contribution in [0.3, 0.4) is 0 Å². The summed E-state index contributed by atoms with van der Waals surface area (Å²) in [4.78, 5) is 18.7. The lowest BCUT2D eigenvalue weighted by Gasteiger charge is -2.30. The molecule has 1 amide bonds. The fourth-order valence-corrected chi connectivity index (χ4v) is 3.02. The summed E-state index contributed by atoms with van der Waals surface area (Å²) in [5.74, 6) is 2.37. The Labute approximate surface area is 153 Å². The summed E-state index contributed by atoms with van der Waals surface area (Å²) in [7, 11) is 1.92. The molecule has 0 saturated carbocycles. The summed E-state index contributed by atoms with van der Waals surface area (Å²) in [6.45, 7) is 3.53. The smallest absolute Gasteiger partial charge is 0.260 e. The first-order chi connectivity index (χ1) is 12.7. The fraction of sp³-hybridized carbons (Fsp3) is 0.526. The average molecular weight is 358 g/mol. The lowest BCUT2D eigenvalue weighted by atomic mass is 9.97. The molecular weight excluding hydrogens is 332 g/mol. The number of likely N-dealkylation sites (N-methyl/N-ethyl adjacent to an activating group) is 1. The number of para-hydroxylation sites is 1. The molecule has 1 aromatic heterocycles. The highest BCUT2D eigenvalue weighted by Gasteiger charge is 2.27. The maximum Gasteiger partial charge on any atom is 0.260 e. The zero-order valence-corrected chi connectivity index (χ0v) is 15.4. The van der Waals surface area contributed by atoms with Crippen LogP contribution in [0.4, 0.5) is 0 Å². The quantitative estimate of drug-likeness (QED) is 0.815. The fourth-order valence-electron chi connectivity index (χ4n) is 3.02. The Kier molecular flexibility index (Phi) is 6.22. The number of aromatic nitrogens is 2. The van der Waals surface area contributed by atoms with Gasteiger partial charge in [0.05, 0.1) is 0 Å². The van der Waals surface area contributed by atoms with Crippen molar-refractivity contribution in [2.45, 2.75) is 38.1 Å². The zero-order valence-electron chi connectivity index (χ0n) is 15.4. The van der Waals surface area contributed by atoms with Crippen LogP contribution in [0, 0.1) is 0 Å². The first kappa shape index (κ1) is 18.4. The van der Waals surface area contributed by atoms with Gasteiger partial charge in [0, 0.05) is 31.5 Å². The normalized spacial score (nSPS) is 16.5. The number of hydrogen-bond acceptors (Lipinski definition) is 6. The van der Waals surface area contributed by atoms with Gasteiger partial charge in [-0.2, -0.15) is 4.98 Å². The van der Waals surface area contributed by atoms with Crippen LogP contribution < -0.4 is 10.1 Å². The lowest BCUT2D eigenvalue weighted by molar-refractivity contribution is -0.134. The van der Waals surface area contributed by atoms with E-state index in [0.29, 0.717) is 30.8 Å². The Hall–Kier alpha value is -2.41. The van der Waals surface area contributed by atoms with Crippen LogP contribution in [0.2, 0.25) is 0 Å². The van der Waals surface area contributed by atoms with Crippen molar-refractivity contribution in [3.63, 3.8) is 0 Å². The van der Waals surface area contributed by atoms with Crippen molar-refractivity contribution in [2.24, 2.45) is 0 Å². The van der Waals surface area contributed by atoms with E-state index in [-0.39, 0.29) is 18.4 Å². The maximum absolute atomic E-state index is 12.3. The summed E-state index contributed by atoms with van der Waals surface area (Å²) >= 11 is 0. The molecule has 7 heteroatoms. The minimum absolute atomic E-state index is 0.0152. The van der Waals surface area contributed by atoms with Gasteiger partial charge in [-0.3, -0.25) is 4.79 Å². The molecule has 0 spiro atoms. The third-order valence-corrected chi connectivity index (χ3v) is 4.77. The number of rotatable bonds is 7. The molecule has 7 nitrogen and oxygen atoms in total. The number of carbonyl (C=O) groups excluding carboxylic acids is 1. The highest BCUT2D eigenvalue weighted by atomic mass is 16.5. The molecule has 1 saturated heterocycles. The van der Waals surface area contributed by atoms with Crippen LogP contribution >= 0.6 is 0 Å². The molecule has 1 fully saturated rings. The summed E-state index contributed by atoms with van der Waals surface area (Å²) in [6.07, 6.45) is 2.41. The van der Waals surface area contributed by atoms with Crippen molar-refractivity contribution in [2.75, 3.05) is 26.7 Å². The van der Waals surface area contributed by atoms with Crippen LogP contribution in [0.25, 0.3) is 0 Å². The molecule has 140 valence electrons. The van der Waals surface area contributed by atoms with Crippen molar-refractivity contribution >= 4 is 5.91 Å². The van der Waals surface area contributed by atoms with Crippen LogP contribution in [0.1, 0.15) is 37.4 Å². The van der Waals surface area contributed by atoms with Crippen molar-refractivity contribution in [3.8, 4) is 5.75 Å². The molecule has 1 N–H and O–H groups in total. The van der Waals surface area contributed by atoms with E-state index in [1.165, 1.54) is 0 Å². The van der Waals surface area contributed by atoms with Gasteiger partial charge in [0.15, 0.2) is 12.4 Å². The number of ether oxygens (including phenoxy) is 1. The van der Waals surface area contributed by atoms with Crippen LogP contribution in [0.5, 0.6) is 5.75 Å². The summed E-state index contributed by atoms with van der Waals surface area (Å²) in [5.41, 5.74) is 0. The van der Waals surface area contributed by atoms with E-state index >= 15 is 0 Å². The van der Waals surface area contributed by atoms with Crippen molar-refractivity contribution in [1.29, 1.82) is 0 Å². The second-order valence-corrected chi connectivity index (χ2v) is 6.70. The molecule has 0 bridgehead atoms. The van der Waals surface area contributed by atoms with Gasteiger partial charge in [-0.15, -0.1) is 0 Å². The van der Waals surface area contributed by atoms with Gasteiger partial charge in [-0.05, 0) is 38.9 Å². The number of nitrogens with one attached hydrogen (secondary N) is 1. The average Bonchev–Trinajstić information content (AvgIpc) is 3.15. The second kappa shape index (κ2) is 8.80. The topological polar surface area (TPSA) is 80.5 Å². The molecule has 0 aliphatic carbocycles. The largest absolute Gasteiger partial charge is 0.484 e. The first-order valence-corrected chi connectivity index (χ1v) is 9.11. The van der Waals surface area contributed by atoms with Gasteiger partial charge in [0.25, 0.3) is 5.91 Å². The number of piperidine rings is 1. The number of hydrogen-bond donors (Lipinski definition) is 1. The van der Waals surface area contributed by atoms with Crippen LogP contribution in [-0.2, 0) is 11.2 Å². The molecule has 3 rings (SSSR count). The minimum atomic E-state index is 0.0152. The highest BCUT2D eigenvalue weighted by Crippen LogP contribution is 2.27. The first-order valence-electron chi connectivity index (χ1n) is 9.11. The Morgan fingerprint density at radius 3 is 2.77 bits per heavy atom. The molecule has 0 radical (unpaired) electrons. The van der Waals surface area contributed by atoms with Gasteiger partial charge in [-0.1, -0.05) is 23.4 Å². The van der Waals surface area contributed by atoms with Crippen LogP contribution in [-0.4, -0.2) is 53.7 Å². The third-order valence-electron chi connectivity index (χ3n) is 4.77. The van der Waals surface area contributed by atoms with Gasteiger partial charge in [-0.25, -0.2) is 0 Å². The number of carbonyl (C=O) groups is 1. The zero-order chi connectivity index (χ0) is 18.4. The van der Waals surface area contributed by atoms with E-state index < -0.39 is 0 Å². The maximum atomic E-state index is 12.3. The van der Waals surface area contributed by atoms with Gasteiger partial charge < -0.3 is 19.5 Å². The molecule has 26 heavy (non-hydrogen) atoms. The molecular formula is C19H26N4O3. The minimum Gasteiger partial charge on any atom is -0.484 e. The summed E-state index contributed by atoms with van der Waals surface area (Å²) in [5, 5.41) is 7.24. The Bertz CT molecular complexity index is 696. The van der Waals surface area contributed by atoms with E-state index in [9.17, 15) is 4.79 Å². The molecule has 1 aromatic carbocycles. The van der Waals surface area contributed by atoms with E-state index in [1.54, 1.807) is 0 Å². The molecule has 1 unspecified atom stereocenters. The van der Waals surface area contributed by atoms with Gasteiger partial charge in [0.2, 0.25) is 5.89 Å². The molecule has 1 aliphatic rings. The monoisotopic (exact) mass is 358 g/mol. The molecule has 1 atom stereocenters. The molecule has 1 aliphatic heterocycles. The van der Waals surface area contributed by atoms with Crippen molar-refractivity contribution in [3.05, 3.63) is 42.0 Å². The van der Waals surface area contributed by atoms with Gasteiger partial charge in [0.1, 0.15) is 5.75 Å². The third kappa shape index (κ3) is 4.82. The molecule has 2 heterocycles. The molecule has 2 aromatic rings. The van der Waals surface area contributed by atoms with Crippen molar-refractivity contribution < 1.29 is 14.1 Å². The van der Waals surface area contributed by atoms with E-state index in [1.807, 2.05) is 42.3 Å². The summed E-state index contributed by atoms with van der Waals surface area (Å²) < 4.78 is 11.0.